The molecule has 1 unspecified atom stereocenters. The van der Waals surface area contributed by atoms with E-state index in [1.54, 1.807) is 7.05 Å². The number of nitrogens with one attached hydrogen (secondary N) is 2. The van der Waals surface area contributed by atoms with Gasteiger partial charge >= 0.3 is 11.3 Å². The number of carbonyl (C=O) groups is 2. The third kappa shape index (κ3) is 3.04. The van der Waals surface area contributed by atoms with E-state index >= 15 is 0 Å². The predicted molar refractivity (Wildman–Crippen MR) is 81.3 cm³/mol. The molecule has 2 amide bonds. The fourth-order valence-electron chi connectivity index (χ4n) is 2.56. The molecule has 2 heterocycles. The maximum absolute atomic E-state index is 12.5. The van der Waals surface area contributed by atoms with Crippen LogP contribution in [0, 0.1) is 10.1 Å². The number of nitro benzene ring substituents is 1. The van der Waals surface area contributed by atoms with Crippen LogP contribution in [0.2, 0.25) is 0 Å². The Kier molecular flexibility index (Phi) is 4.15. The quantitative estimate of drug-likeness (QED) is 0.309. The highest BCUT2D eigenvalue weighted by molar-refractivity contribution is 6.22. The molecule has 25 heavy (non-hydrogen) atoms. The van der Waals surface area contributed by atoms with Crippen LogP contribution in [0.1, 0.15) is 12.1 Å². The van der Waals surface area contributed by atoms with E-state index in [0.717, 1.165) is 4.90 Å². The van der Waals surface area contributed by atoms with E-state index in [9.17, 15) is 24.5 Å². The van der Waals surface area contributed by atoms with Crippen molar-refractivity contribution in [2.45, 2.75) is 19.0 Å². The topological polar surface area (TPSA) is 142 Å². The fraction of sp³-hybridized carbons (Fsp3) is 0.286. The summed E-state index contributed by atoms with van der Waals surface area (Å²) in [6, 6.07) is 4.34. The van der Waals surface area contributed by atoms with Gasteiger partial charge in [-0.05, 0) is 17.4 Å². The first-order chi connectivity index (χ1) is 11.9. The van der Waals surface area contributed by atoms with Gasteiger partial charge in [0, 0.05) is 12.1 Å². The molecule has 3 rings (SSSR count). The monoisotopic (exact) mass is 348 g/mol. The van der Waals surface area contributed by atoms with E-state index in [1.165, 1.54) is 28.9 Å². The van der Waals surface area contributed by atoms with Gasteiger partial charge in [-0.25, -0.2) is 9.69 Å². The van der Waals surface area contributed by atoms with E-state index in [1.807, 2.05) is 0 Å². The number of nitrogens with zero attached hydrogens (tertiary/aromatic N) is 3. The van der Waals surface area contributed by atoms with Crippen LogP contribution in [0.5, 0.6) is 0 Å². The molecule has 1 aliphatic heterocycles. The average molecular weight is 348 g/mol. The summed E-state index contributed by atoms with van der Waals surface area (Å²) in [7, 11) is 1.58. The number of hydrogen-bond acceptors (Lipinski definition) is 7. The summed E-state index contributed by atoms with van der Waals surface area (Å²) in [5.41, 5.74) is -0.172. The van der Waals surface area contributed by atoms with Gasteiger partial charge in [0.2, 0.25) is 5.91 Å². The van der Waals surface area contributed by atoms with Crippen LogP contribution in [0.4, 0.5) is 11.4 Å². The zero-order valence-electron chi connectivity index (χ0n) is 13.1. The van der Waals surface area contributed by atoms with Crippen molar-refractivity contribution in [1.82, 2.24) is 10.6 Å². The first kappa shape index (κ1) is 16.5. The second-order valence-corrected chi connectivity index (χ2v) is 5.47. The number of aromatic amines is 1. The third-order valence-corrected chi connectivity index (χ3v) is 3.90. The molecule has 0 radical (unpaired) electrons. The maximum Gasteiger partial charge on any atom is 0.431 e. The number of carbonyl (C=O) groups excluding carboxylic acids is 2. The van der Waals surface area contributed by atoms with E-state index in [2.05, 4.69) is 15.1 Å². The molecule has 0 bridgehead atoms. The number of aromatic nitrogens is 2. The number of non-ortho nitro benzene ring substituents is 1. The van der Waals surface area contributed by atoms with Crippen LogP contribution < -0.4 is 20.5 Å². The number of nitro groups is 1. The largest absolute Gasteiger partial charge is 0.431 e. The number of anilines is 1. The summed E-state index contributed by atoms with van der Waals surface area (Å²) in [5.74, 6) is -0.914. The van der Waals surface area contributed by atoms with Gasteiger partial charge in [0.05, 0.1) is 29.6 Å². The van der Waals surface area contributed by atoms with Crippen molar-refractivity contribution >= 4 is 23.2 Å². The molecule has 11 nitrogen and oxygen atoms in total. The van der Waals surface area contributed by atoms with E-state index in [-0.39, 0.29) is 30.0 Å². The summed E-state index contributed by atoms with van der Waals surface area (Å²) in [5, 5.41) is 15.9. The van der Waals surface area contributed by atoms with Gasteiger partial charge in [0.25, 0.3) is 11.6 Å². The molecule has 0 spiro atoms. The van der Waals surface area contributed by atoms with Crippen molar-refractivity contribution in [3.05, 3.63) is 50.5 Å². The summed E-state index contributed by atoms with van der Waals surface area (Å²) in [6.07, 6.45) is -0.0741. The van der Waals surface area contributed by atoms with Crippen molar-refractivity contribution in [3.63, 3.8) is 0 Å². The summed E-state index contributed by atoms with van der Waals surface area (Å²) in [6.45, 7) is 0.0418. The number of rotatable bonds is 5. The Bertz CT molecular complexity index is 899. The van der Waals surface area contributed by atoms with E-state index in [0.29, 0.717) is 0 Å². The number of imide groups is 1. The van der Waals surface area contributed by atoms with Crippen LogP contribution in [0.3, 0.4) is 0 Å². The first-order valence-electron chi connectivity index (χ1n) is 7.29. The lowest BCUT2D eigenvalue weighted by Crippen LogP contribution is -2.43. The van der Waals surface area contributed by atoms with Gasteiger partial charge in [-0.2, -0.15) is 0 Å². The fourth-order valence-corrected chi connectivity index (χ4v) is 2.56. The van der Waals surface area contributed by atoms with E-state index < -0.39 is 28.4 Å². The van der Waals surface area contributed by atoms with Gasteiger partial charge in [0.1, 0.15) is 0 Å². The van der Waals surface area contributed by atoms with Gasteiger partial charge < -0.3 is 0 Å². The van der Waals surface area contributed by atoms with Crippen molar-refractivity contribution < 1.29 is 23.7 Å². The highest BCUT2D eigenvalue weighted by Gasteiger charge is 2.40. The standard InChI is InChI=1S/C14H13N5O6/c1-17-11(14(22)25-16-17)7-15-10-6-12(20)18(13(10)21)8-2-4-9(5-3-8)19(23)24/h2-5,10,15H,6-7H2,1H3/p+1. The molecule has 1 aliphatic rings. The Labute approximate surface area is 139 Å². The Morgan fingerprint density at radius 3 is 2.60 bits per heavy atom. The van der Waals surface area contributed by atoms with Crippen molar-refractivity contribution in [1.29, 1.82) is 0 Å². The summed E-state index contributed by atoms with van der Waals surface area (Å²) < 4.78 is 5.97. The van der Waals surface area contributed by atoms with Crippen molar-refractivity contribution in [2.24, 2.45) is 7.05 Å². The second-order valence-electron chi connectivity index (χ2n) is 5.47. The normalized spacial score (nSPS) is 17.3. The molecule has 1 aromatic carbocycles. The molecule has 0 saturated carbocycles. The summed E-state index contributed by atoms with van der Waals surface area (Å²) in [4.78, 5) is 47.2. The number of hydrogen-bond donors (Lipinski definition) is 2. The molecule has 130 valence electrons. The van der Waals surface area contributed by atoms with Gasteiger partial charge in [-0.1, -0.05) is 4.68 Å². The lowest BCUT2D eigenvalue weighted by Gasteiger charge is -2.14. The highest BCUT2D eigenvalue weighted by atomic mass is 16.6. The number of aryl methyl sites for hydroxylation is 1. The lowest BCUT2D eigenvalue weighted by atomic mass is 10.2. The molecule has 1 aromatic heterocycles. The molecule has 0 aliphatic carbocycles. The molecule has 2 aromatic rings. The minimum atomic E-state index is -0.794. The van der Waals surface area contributed by atoms with Crippen LogP contribution in [-0.4, -0.2) is 28.1 Å². The molecule has 1 saturated heterocycles. The highest BCUT2D eigenvalue weighted by Crippen LogP contribution is 2.25. The minimum absolute atomic E-state index is 0.0418. The van der Waals surface area contributed by atoms with Gasteiger partial charge in [0.15, 0.2) is 7.05 Å². The second kappa shape index (κ2) is 6.28. The van der Waals surface area contributed by atoms with Crippen molar-refractivity contribution in [2.75, 3.05) is 4.90 Å². The SMILES string of the molecule is C[n+]1[nH]oc(=O)c1CNC1CC(=O)N(c2ccc([N+](=O)[O-])cc2)C1=O. The smallest absolute Gasteiger partial charge is 0.296 e. The lowest BCUT2D eigenvalue weighted by molar-refractivity contribution is -0.746. The Morgan fingerprint density at radius 1 is 1.36 bits per heavy atom. The third-order valence-electron chi connectivity index (χ3n) is 3.90. The van der Waals surface area contributed by atoms with Crippen LogP contribution in [-0.2, 0) is 23.2 Å². The number of amides is 2. The molecule has 2 N–H and O–H groups in total. The van der Waals surface area contributed by atoms with Crippen LogP contribution in [0.15, 0.2) is 33.6 Å². The predicted octanol–water partition coefficient (Wildman–Crippen LogP) is -0.878. The molecular formula is C14H14N5O6+. The van der Waals surface area contributed by atoms with Crippen LogP contribution in [0.25, 0.3) is 0 Å². The molecule has 11 heteroatoms. The van der Waals surface area contributed by atoms with Crippen LogP contribution >= 0.6 is 0 Å². The van der Waals surface area contributed by atoms with Crippen molar-refractivity contribution in [3.8, 4) is 0 Å². The molecular weight excluding hydrogens is 334 g/mol. The number of H-pyrrole nitrogens is 1. The zero-order chi connectivity index (χ0) is 18.1. The van der Waals surface area contributed by atoms with Gasteiger partial charge in [-0.3, -0.25) is 29.5 Å². The average Bonchev–Trinajstić information content (AvgIpc) is 3.04. The van der Waals surface area contributed by atoms with Gasteiger partial charge in [-0.15, -0.1) is 0 Å². The summed E-state index contributed by atoms with van der Waals surface area (Å²) >= 11 is 0. The maximum atomic E-state index is 12.5. The number of benzene rings is 1. The van der Waals surface area contributed by atoms with E-state index in [4.69, 9.17) is 0 Å². The molecule has 1 atom stereocenters. The Hall–Kier alpha value is -3.34. The molecule has 1 fully saturated rings. The zero-order valence-corrected chi connectivity index (χ0v) is 13.1. The minimum Gasteiger partial charge on any atom is -0.296 e. The first-order valence-corrected chi connectivity index (χ1v) is 7.29. The Morgan fingerprint density at radius 2 is 2.04 bits per heavy atom. The Balaban J connectivity index is 1.73.